The monoisotopic (exact) mass is 468 g/mol. The van der Waals surface area contributed by atoms with Crippen LogP contribution in [0.15, 0.2) is 48.5 Å². The topological polar surface area (TPSA) is 114 Å². The molecule has 0 bridgehead atoms. The molecule has 0 aromatic heterocycles. The third-order valence-corrected chi connectivity index (χ3v) is 5.66. The van der Waals surface area contributed by atoms with Gasteiger partial charge in [0.05, 0.1) is 12.2 Å². The Balaban J connectivity index is 1.68. The van der Waals surface area contributed by atoms with Gasteiger partial charge in [0, 0.05) is 5.92 Å². The smallest absolute Gasteiger partial charge is 0.407 e. The van der Waals surface area contributed by atoms with Crippen LogP contribution < -0.4 is 10.6 Å². The number of ether oxygens (including phenoxy) is 2. The summed E-state index contributed by atoms with van der Waals surface area (Å²) in [5, 5.41) is 14.2. The molecule has 182 valence electrons. The Morgan fingerprint density at radius 2 is 1.50 bits per heavy atom. The zero-order valence-corrected chi connectivity index (χ0v) is 20.0. The van der Waals surface area contributed by atoms with Gasteiger partial charge in [-0.05, 0) is 49.4 Å². The lowest BCUT2D eigenvalue weighted by atomic mass is 9.98. The van der Waals surface area contributed by atoms with Gasteiger partial charge in [-0.25, -0.2) is 9.59 Å². The van der Waals surface area contributed by atoms with Crippen molar-refractivity contribution in [1.29, 1.82) is 0 Å². The number of aliphatic carboxylic acids is 1. The summed E-state index contributed by atoms with van der Waals surface area (Å²) in [6, 6.07) is 13.8. The van der Waals surface area contributed by atoms with E-state index in [9.17, 15) is 19.5 Å². The quantitative estimate of drug-likeness (QED) is 0.517. The molecule has 8 heteroatoms. The normalized spacial score (nSPS) is 14.5. The first kappa shape index (κ1) is 25.2. The highest BCUT2D eigenvalue weighted by Crippen LogP contribution is 2.44. The molecule has 3 N–H and O–H groups in total. The predicted octanol–water partition coefficient (Wildman–Crippen LogP) is 3.69. The fraction of sp³-hybridized carbons (Fsp3) is 0.423. The highest BCUT2D eigenvalue weighted by atomic mass is 16.5. The summed E-state index contributed by atoms with van der Waals surface area (Å²) in [7, 11) is 0. The van der Waals surface area contributed by atoms with E-state index in [0.717, 1.165) is 22.3 Å². The average Bonchev–Trinajstić information content (AvgIpc) is 3.11. The number of carboxylic acid groups (broad SMARTS) is 1. The minimum atomic E-state index is -1.15. The molecule has 2 aromatic carbocycles. The Kier molecular flexibility index (Phi) is 7.94. The summed E-state index contributed by atoms with van der Waals surface area (Å²) in [5.74, 6) is -1.91. The van der Waals surface area contributed by atoms with E-state index in [4.69, 9.17) is 9.47 Å². The van der Waals surface area contributed by atoms with E-state index in [1.165, 1.54) is 0 Å². The number of hydrogen-bond acceptors (Lipinski definition) is 5. The van der Waals surface area contributed by atoms with Crippen molar-refractivity contribution in [2.45, 2.75) is 57.7 Å². The molecular formula is C26H32N2O6. The lowest BCUT2D eigenvalue weighted by Crippen LogP contribution is -2.54. The highest BCUT2D eigenvalue weighted by molar-refractivity contribution is 5.89. The second-order valence-corrected chi connectivity index (χ2v) is 9.25. The Morgan fingerprint density at radius 3 is 2.00 bits per heavy atom. The van der Waals surface area contributed by atoms with Crippen LogP contribution in [0.25, 0.3) is 11.1 Å². The fourth-order valence-corrected chi connectivity index (χ4v) is 3.91. The maximum Gasteiger partial charge on any atom is 0.407 e. The van der Waals surface area contributed by atoms with Gasteiger partial charge in [0.1, 0.15) is 18.7 Å². The SMILES string of the molecule is CC[C@H](NC(=O)[C@H](COC(C)(C)C)NC(=O)OCC1c2ccccc2-c2ccccc21)C(=O)O. The third kappa shape index (κ3) is 6.14. The Labute approximate surface area is 199 Å². The van der Waals surface area contributed by atoms with Crippen LogP contribution in [0.5, 0.6) is 0 Å². The van der Waals surface area contributed by atoms with Gasteiger partial charge in [0.15, 0.2) is 0 Å². The summed E-state index contributed by atoms with van der Waals surface area (Å²) in [6.45, 7) is 7.08. The zero-order chi connectivity index (χ0) is 24.9. The van der Waals surface area contributed by atoms with E-state index >= 15 is 0 Å². The molecule has 1 aliphatic rings. The van der Waals surface area contributed by atoms with Crippen LogP contribution in [0.3, 0.4) is 0 Å². The maximum absolute atomic E-state index is 12.7. The maximum atomic E-state index is 12.7. The van der Waals surface area contributed by atoms with Crippen molar-refractivity contribution in [2.24, 2.45) is 0 Å². The number of fused-ring (bicyclic) bond motifs is 3. The molecule has 2 amide bonds. The summed E-state index contributed by atoms with van der Waals surface area (Å²) in [5.41, 5.74) is 3.82. The number of alkyl carbamates (subject to hydrolysis) is 1. The van der Waals surface area contributed by atoms with Crippen molar-refractivity contribution >= 4 is 18.0 Å². The van der Waals surface area contributed by atoms with Crippen molar-refractivity contribution in [1.82, 2.24) is 10.6 Å². The molecule has 3 rings (SSSR count). The zero-order valence-electron chi connectivity index (χ0n) is 20.0. The van der Waals surface area contributed by atoms with Crippen molar-refractivity contribution < 1.29 is 29.0 Å². The number of amides is 2. The molecule has 0 saturated carbocycles. The van der Waals surface area contributed by atoms with E-state index in [2.05, 4.69) is 10.6 Å². The predicted molar refractivity (Wildman–Crippen MR) is 128 cm³/mol. The van der Waals surface area contributed by atoms with Gasteiger partial charge < -0.3 is 25.2 Å². The van der Waals surface area contributed by atoms with Crippen LogP contribution in [0.1, 0.15) is 51.2 Å². The Hall–Kier alpha value is -3.39. The van der Waals surface area contributed by atoms with Gasteiger partial charge in [-0.1, -0.05) is 55.5 Å². The number of carbonyl (C=O) groups is 3. The molecule has 2 aromatic rings. The van der Waals surface area contributed by atoms with Crippen molar-refractivity contribution in [3.8, 4) is 11.1 Å². The van der Waals surface area contributed by atoms with E-state index in [-0.39, 0.29) is 25.6 Å². The molecule has 0 radical (unpaired) electrons. The molecule has 8 nitrogen and oxygen atoms in total. The van der Waals surface area contributed by atoms with Crippen molar-refractivity contribution in [3.05, 3.63) is 59.7 Å². The number of benzene rings is 2. The van der Waals surface area contributed by atoms with E-state index in [1.54, 1.807) is 6.92 Å². The minimum Gasteiger partial charge on any atom is -0.480 e. The van der Waals surface area contributed by atoms with E-state index < -0.39 is 35.7 Å². The lowest BCUT2D eigenvalue weighted by Gasteiger charge is -2.25. The molecular weight excluding hydrogens is 436 g/mol. The largest absolute Gasteiger partial charge is 0.480 e. The number of nitrogens with one attached hydrogen (secondary N) is 2. The fourth-order valence-electron chi connectivity index (χ4n) is 3.91. The van der Waals surface area contributed by atoms with Crippen LogP contribution >= 0.6 is 0 Å². The van der Waals surface area contributed by atoms with Crippen molar-refractivity contribution in [2.75, 3.05) is 13.2 Å². The van der Waals surface area contributed by atoms with Gasteiger partial charge in [-0.3, -0.25) is 4.79 Å². The van der Waals surface area contributed by atoms with Gasteiger partial charge in [-0.2, -0.15) is 0 Å². The standard InChI is InChI=1S/C26H32N2O6/c1-5-21(24(30)31)27-23(29)22(15-34-26(2,3)4)28-25(32)33-14-20-18-12-8-6-10-16(18)17-11-7-9-13-19(17)20/h6-13,20-22H,5,14-15H2,1-4H3,(H,27,29)(H,28,32)(H,30,31)/t21-,22-/m0/s1. The first-order valence-corrected chi connectivity index (χ1v) is 11.4. The van der Waals surface area contributed by atoms with Crippen LogP contribution in [0.4, 0.5) is 4.79 Å². The second kappa shape index (κ2) is 10.7. The summed E-state index contributed by atoms with van der Waals surface area (Å²) in [6.07, 6.45) is -0.568. The summed E-state index contributed by atoms with van der Waals surface area (Å²) < 4.78 is 11.2. The van der Waals surface area contributed by atoms with Gasteiger partial charge in [0.25, 0.3) is 0 Å². The average molecular weight is 469 g/mol. The number of carbonyl (C=O) groups excluding carboxylic acids is 2. The first-order chi connectivity index (χ1) is 16.1. The number of rotatable bonds is 9. The first-order valence-electron chi connectivity index (χ1n) is 11.4. The molecule has 34 heavy (non-hydrogen) atoms. The summed E-state index contributed by atoms with van der Waals surface area (Å²) >= 11 is 0. The summed E-state index contributed by atoms with van der Waals surface area (Å²) in [4.78, 5) is 36.7. The van der Waals surface area contributed by atoms with Gasteiger partial charge in [-0.15, -0.1) is 0 Å². The third-order valence-electron chi connectivity index (χ3n) is 5.66. The molecule has 0 fully saturated rings. The molecule has 0 unspecified atom stereocenters. The Bertz CT molecular complexity index is 1000. The van der Waals surface area contributed by atoms with Gasteiger partial charge >= 0.3 is 12.1 Å². The molecule has 0 spiro atoms. The molecule has 2 atom stereocenters. The molecule has 0 heterocycles. The van der Waals surface area contributed by atoms with Crippen LogP contribution in [0.2, 0.25) is 0 Å². The molecule has 0 aliphatic heterocycles. The minimum absolute atomic E-state index is 0.0983. The van der Waals surface area contributed by atoms with Crippen LogP contribution in [0, 0.1) is 0 Å². The van der Waals surface area contributed by atoms with Crippen LogP contribution in [-0.2, 0) is 19.1 Å². The van der Waals surface area contributed by atoms with Crippen molar-refractivity contribution in [3.63, 3.8) is 0 Å². The molecule has 0 saturated heterocycles. The number of carboxylic acids is 1. The van der Waals surface area contributed by atoms with Gasteiger partial charge in [0.2, 0.25) is 5.91 Å². The van der Waals surface area contributed by atoms with E-state index in [1.807, 2.05) is 69.3 Å². The highest BCUT2D eigenvalue weighted by Gasteiger charge is 2.31. The van der Waals surface area contributed by atoms with Crippen LogP contribution in [-0.4, -0.2) is 54.0 Å². The molecule has 1 aliphatic carbocycles. The Morgan fingerprint density at radius 1 is 0.941 bits per heavy atom. The lowest BCUT2D eigenvalue weighted by molar-refractivity contribution is -0.142. The number of hydrogen-bond donors (Lipinski definition) is 3. The second-order valence-electron chi connectivity index (χ2n) is 9.25. The van der Waals surface area contributed by atoms with E-state index in [0.29, 0.717) is 0 Å².